The van der Waals surface area contributed by atoms with Crippen LogP contribution in [-0.4, -0.2) is 40.0 Å². The average Bonchev–Trinajstić information content (AvgIpc) is 3.07. The molecule has 3 N–H and O–H groups in total. The van der Waals surface area contributed by atoms with Gasteiger partial charge < -0.3 is 5.11 Å². The predicted octanol–water partition coefficient (Wildman–Crippen LogP) is 1.21. The highest BCUT2D eigenvalue weighted by molar-refractivity contribution is 5.30. The van der Waals surface area contributed by atoms with Crippen molar-refractivity contribution < 1.29 is 18.3 Å². The van der Waals surface area contributed by atoms with Crippen LogP contribution in [0, 0.1) is 17.5 Å². The van der Waals surface area contributed by atoms with Gasteiger partial charge in [0, 0.05) is 24.1 Å². The van der Waals surface area contributed by atoms with Gasteiger partial charge in [0.1, 0.15) is 23.6 Å². The van der Waals surface area contributed by atoms with Gasteiger partial charge in [-0.2, -0.15) is 0 Å². The first-order valence-electron chi connectivity index (χ1n) is 7.74. The van der Waals surface area contributed by atoms with Crippen LogP contribution in [-0.2, 0) is 5.60 Å². The number of halogens is 3. The smallest absolute Gasteiger partial charge is 0.163 e. The van der Waals surface area contributed by atoms with E-state index < -0.39 is 29.0 Å². The molecule has 1 aromatic heterocycles. The first-order chi connectivity index (χ1) is 11.9. The number of aromatic nitrogens is 2. The number of hydrogen-bond acceptors (Lipinski definition) is 6. The van der Waals surface area contributed by atoms with Crippen molar-refractivity contribution in [2.45, 2.75) is 18.4 Å². The maximum Gasteiger partial charge on any atom is 0.163 e. The summed E-state index contributed by atoms with van der Waals surface area (Å²) in [6.07, 6.45) is 2.14. The van der Waals surface area contributed by atoms with Gasteiger partial charge in [0.2, 0.25) is 0 Å². The molecule has 0 saturated carbocycles. The lowest BCUT2D eigenvalue weighted by Gasteiger charge is -2.37. The molecule has 1 saturated heterocycles. The summed E-state index contributed by atoms with van der Waals surface area (Å²) in [4.78, 5) is 7.48. The van der Waals surface area contributed by atoms with Crippen LogP contribution in [0.2, 0.25) is 0 Å². The standard InChI is InChI=1S/C16H18F3N5O/c1-10(15-14(19)5-20-7-22-15)16(25,6-24-9-21-8-23-24)12-3-2-11(17)4-13(12)18/h2-5,7,10,21,23,25H,6,8-9H2,1H3/t10-,16+/m0/s1. The van der Waals surface area contributed by atoms with Crippen LogP contribution in [0.15, 0.2) is 30.7 Å². The molecular weight excluding hydrogens is 335 g/mol. The third-order valence-electron chi connectivity index (χ3n) is 4.38. The second-order valence-electron chi connectivity index (χ2n) is 5.97. The lowest BCUT2D eigenvalue weighted by Crippen LogP contribution is -2.48. The second kappa shape index (κ2) is 7.04. The van der Waals surface area contributed by atoms with Crippen molar-refractivity contribution in [2.75, 3.05) is 19.9 Å². The zero-order valence-corrected chi connectivity index (χ0v) is 13.5. The average molecular weight is 353 g/mol. The van der Waals surface area contributed by atoms with Gasteiger partial charge in [-0.1, -0.05) is 13.0 Å². The van der Waals surface area contributed by atoms with Crippen molar-refractivity contribution in [1.82, 2.24) is 25.7 Å². The normalized spacial score (nSPS) is 18.9. The monoisotopic (exact) mass is 353 g/mol. The topological polar surface area (TPSA) is 73.3 Å². The number of rotatable bonds is 5. The molecule has 1 aliphatic rings. The SMILES string of the molecule is C[C@@H](c1ncncc1F)[C@](O)(CN1CNCN1)c1ccc(F)cc1F. The summed E-state index contributed by atoms with van der Waals surface area (Å²) in [5, 5.41) is 16.0. The van der Waals surface area contributed by atoms with E-state index in [1.165, 1.54) is 13.0 Å². The van der Waals surface area contributed by atoms with Crippen molar-refractivity contribution in [3.8, 4) is 0 Å². The Labute approximate surface area is 142 Å². The van der Waals surface area contributed by atoms with Crippen molar-refractivity contribution in [3.63, 3.8) is 0 Å². The Morgan fingerprint density at radius 2 is 2.12 bits per heavy atom. The van der Waals surface area contributed by atoms with Gasteiger partial charge >= 0.3 is 0 Å². The van der Waals surface area contributed by atoms with Gasteiger partial charge in [-0.05, 0) is 6.07 Å². The number of nitrogens with one attached hydrogen (secondary N) is 2. The number of benzene rings is 1. The minimum Gasteiger partial charge on any atom is -0.383 e. The van der Waals surface area contributed by atoms with Crippen LogP contribution in [0.25, 0.3) is 0 Å². The molecule has 0 spiro atoms. The van der Waals surface area contributed by atoms with Crippen LogP contribution in [0.5, 0.6) is 0 Å². The molecular formula is C16H18F3N5O. The molecule has 6 nitrogen and oxygen atoms in total. The molecule has 2 heterocycles. The van der Waals surface area contributed by atoms with E-state index in [-0.39, 0.29) is 17.8 Å². The van der Waals surface area contributed by atoms with Crippen LogP contribution >= 0.6 is 0 Å². The second-order valence-corrected chi connectivity index (χ2v) is 5.97. The molecule has 9 heteroatoms. The number of nitrogens with zero attached hydrogens (tertiary/aromatic N) is 3. The van der Waals surface area contributed by atoms with E-state index in [1.54, 1.807) is 5.01 Å². The maximum absolute atomic E-state index is 14.4. The fraction of sp³-hybridized carbons (Fsp3) is 0.375. The molecule has 0 amide bonds. The molecule has 0 radical (unpaired) electrons. The fourth-order valence-corrected chi connectivity index (χ4v) is 2.98. The Morgan fingerprint density at radius 1 is 1.32 bits per heavy atom. The summed E-state index contributed by atoms with van der Waals surface area (Å²) >= 11 is 0. The van der Waals surface area contributed by atoms with Crippen molar-refractivity contribution in [2.24, 2.45) is 0 Å². The fourth-order valence-electron chi connectivity index (χ4n) is 2.98. The molecule has 0 aliphatic carbocycles. The molecule has 1 aliphatic heterocycles. The maximum atomic E-state index is 14.4. The summed E-state index contributed by atoms with van der Waals surface area (Å²) in [7, 11) is 0. The number of β-amino-alcohol motifs (C(OH)–C–C–N with tert-alkyl or cyclic N) is 1. The predicted molar refractivity (Wildman–Crippen MR) is 83.4 cm³/mol. The first kappa shape index (κ1) is 17.7. The van der Waals surface area contributed by atoms with Crippen LogP contribution in [0.4, 0.5) is 13.2 Å². The summed E-state index contributed by atoms with van der Waals surface area (Å²) < 4.78 is 41.8. The third kappa shape index (κ3) is 3.49. The van der Waals surface area contributed by atoms with Crippen LogP contribution < -0.4 is 10.7 Å². The Kier molecular flexibility index (Phi) is 5.00. The highest BCUT2D eigenvalue weighted by atomic mass is 19.1. The molecule has 1 fully saturated rings. The van der Waals surface area contributed by atoms with E-state index >= 15 is 0 Å². The Morgan fingerprint density at radius 3 is 2.76 bits per heavy atom. The molecule has 2 aromatic rings. The number of hydrogen-bond donors (Lipinski definition) is 3. The van der Waals surface area contributed by atoms with E-state index in [0.29, 0.717) is 19.4 Å². The number of aliphatic hydroxyl groups is 1. The minimum atomic E-state index is -1.86. The first-order valence-corrected chi connectivity index (χ1v) is 7.74. The Balaban J connectivity index is 2.06. The Bertz CT molecular complexity index is 756. The van der Waals surface area contributed by atoms with Gasteiger partial charge in [0.05, 0.1) is 25.2 Å². The van der Waals surface area contributed by atoms with E-state index in [4.69, 9.17) is 0 Å². The zero-order valence-electron chi connectivity index (χ0n) is 13.5. The lowest BCUT2D eigenvalue weighted by atomic mass is 9.79. The minimum absolute atomic E-state index is 0.0478. The van der Waals surface area contributed by atoms with E-state index in [0.717, 1.165) is 18.6 Å². The molecule has 2 atom stereocenters. The molecule has 1 aromatic carbocycles. The van der Waals surface area contributed by atoms with Crippen molar-refractivity contribution >= 4 is 0 Å². The van der Waals surface area contributed by atoms with Crippen molar-refractivity contribution in [3.05, 3.63) is 59.4 Å². The molecule has 0 unspecified atom stereocenters. The largest absolute Gasteiger partial charge is 0.383 e. The van der Waals surface area contributed by atoms with Gasteiger partial charge in [-0.3, -0.25) is 5.32 Å². The summed E-state index contributed by atoms with van der Waals surface area (Å²) in [6, 6.07) is 2.92. The third-order valence-corrected chi connectivity index (χ3v) is 4.38. The van der Waals surface area contributed by atoms with E-state index in [9.17, 15) is 18.3 Å². The van der Waals surface area contributed by atoms with E-state index in [1.807, 2.05) is 0 Å². The highest BCUT2D eigenvalue weighted by Crippen LogP contribution is 2.38. The van der Waals surface area contributed by atoms with Crippen molar-refractivity contribution in [1.29, 1.82) is 0 Å². The number of hydrazine groups is 1. The van der Waals surface area contributed by atoms with Gasteiger partial charge in [-0.25, -0.2) is 33.6 Å². The Hall–Kier alpha value is -2.07. The molecule has 0 bridgehead atoms. The molecule has 3 rings (SSSR count). The quantitative estimate of drug-likeness (QED) is 0.751. The van der Waals surface area contributed by atoms with Gasteiger partial charge in [0.25, 0.3) is 0 Å². The molecule has 25 heavy (non-hydrogen) atoms. The van der Waals surface area contributed by atoms with Gasteiger partial charge in [-0.15, -0.1) is 0 Å². The zero-order chi connectivity index (χ0) is 18.0. The van der Waals surface area contributed by atoms with Crippen LogP contribution in [0.1, 0.15) is 24.1 Å². The summed E-state index contributed by atoms with van der Waals surface area (Å²) in [5.41, 5.74) is 0.939. The molecule has 134 valence electrons. The van der Waals surface area contributed by atoms with E-state index in [2.05, 4.69) is 20.7 Å². The lowest BCUT2D eigenvalue weighted by molar-refractivity contribution is -0.0312. The van der Waals surface area contributed by atoms with Gasteiger partial charge in [0.15, 0.2) is 5.82 Å². The summed E-state index contributed by atoms with van der Waals surface area (Å²) in [5.74, 6) is -3.29. The summed E-state index contributed by atoms with van der Waals surface area (Å²) in [6.45, 7) is 2.37. The van der Waals surface area contributed by atoms with Crippen LogP contribution in [0.3, 0.4) is 0 Å². The highest BCUT2D eigenvalue weighted by Gasteiger charge is 2.42.